The molecule has 21 heavy (non-hydrogen) atoms. The molecule has 2 aromatic carbocycles. The molecule has 0 bridgehead atoms. The number of aryl methyl sites for hydroxylation is 1. The van der Waals surface area contributed by atoms with Gasteiger partial charge in [0.05, 0.1) is 21.7 Å². The van der Waals surface area contributed by atoms with Crippen molar-refractivity contribution in [2.45, 2.75) is 24.8 Å². The number of sulfonamides is 1. The fraction of sp³-hybridized carbons (Fsp3) is 0.200. The third-order valence-corrected chi connectivity index (χ3v) is 4.77. The van der Waals surface area contributed by atoms with Gasteiger partial charge in [-0.1, -0.05) is 35.9 Å². The van der Waals surface area contributed by atoms with Gasteiger partial charge in [0.25, 0.3) is 10.0 Å². The molecule has 2 rings (SSSR count). The van der Waals surface area contributed by atoms with Crippen LogP contribution < -0.4 is 4.72 Å². The van der Waals surface area contributed by atoms with Crippen LogP contribution >= 0.6 is 11.6 Å². The Morgan fingerprint density at radius 2 is 1.86 bits per heavy atom. The van der Waals surface area contributed by atoms with Crippen LogP contribution in [0.3, 0.4) is 0 Å². The number of aliphatic hydroxyl groups is 1. The van der Waals surface area contributed by atoms with Gasteiger partial charge in [-0.05, 0) is 43.2 Å². The van der Waals surface area contributed by atoms with Crippen molar-refractivity contribution in [2.75, 3.05) is 4.72 Å². The van der Waals surface area contributed by atoms with E-state index < -0.39 is 16.1 Å². The van der Waals surface area contributed by atoms with Gasteiger partial charge in [0.15, 0.2) is 0 Å². The summed E-state index contributed by atoms with van der Waals surface area (Å²) < 4.78 is 27.4. The van der Waals surface area contributed by atoms with Gasteiger partial charge in [0.1, 0.15) is 0 Å². The van der Waals surface area contributed by atoms with Crippen LogP contribution in [0.5, 0.6) is 0 Å². The average Bonchev–Trinajstić information content (AvgIpc) is 2.43. The number of hydrogen-bond acceptors (Lipinski definition) is 3. The van der Waals surface area contributed by atoms with Crippen molar-refractivity contribution in [3.05, 3.63) is 58.6 Å². The monoisotopic (exact) mass is 325 g/mol. The molecular weight excluding hydrogens is 310 g/mol. The van der Waals surface area contributed by atoms with E-state index in [0.717, 1.165) is 5.56 Å². The lowest BCUT2D eigenvalue weighted by Crippen LogP contribution is -2.14. The van der Waals surface area contributed by atoms with Crippen LogP contribution in [0, 0.1) is 6.92 Å². The molecule has 0 heterocycles. The molecule has 0 aromatic heterocycles. The van der Waals surface area contributed by atoms with Crippen molar-refractivity contribution in [2.24, 2.45) is 0 Å². The standard InChI is InChI=1S/C15H16ClNO3S/c1-10-5-3-8-14(16)15(10)17-21(19,20)13-7-4-6-12(9-13)11(2)18/h3-9,11,17-18H,1-2H3. The van der Waals surface area contributed by atoms with Gasteiger partial charge in [-0.15, -0.1) is 0 Å². The summed E-state index contributed by atoms with van der Waals surface area (Å²) in [7, 11) is -3.76. The van der Waals surface area contributed by atoms with Crippen molar-refractivity contribution < 1.29 is 13.5 Å². The Balaban J connectivity index is 2.41. The second-order valence-electron chi connectivity index (χ2n) is 4.79. The van der Waals surface area contributed by atoms with Crippen LogP contribution in [0.15, 0.2) is 47.4 Å². The fourth-order valence-corrected chi connectivity index (χ4v) is 3.43. The molecular formula is C15H16ClNO3S. The Labute approximate surface area is 129 Å². The third kappa shape index (κ3) is 3.56. The summed E-state index contributed by atoms with van der Waals surface area (Å²) in [5.41, 5.74) is 1.63. The minimum absolute atomic E-state index is 0.0835. The van der Waals surface area contributed by atoms with Gasteiger partial charge >= 0.3 is 0 Å². The number of halogens is 1. The second-order valence-corrected chi connectivity index (χ2v) is 6.88. The summed E-state index contributed by atoms with van der Waals surface area (Å²) in [4.78, 5) is 0.0835. The molecule has 1 atom stereocenters. The van der Waals surface area contributed by atoms with Crippen LogP contribution in [0.25, 0.3) is 0 Å². The Bertz CT molecular complexity index is 737. The summed E-state index contributed by atoms with van der Waals surface area (Å²) in [6.45, 7) is 3.35. The van der Waals surface area contributed by atoms with E-state index in [2.05, 4.69) is 4.72 Å². The molecule has 0 amide bonds. The summed E-state index contributed by atoms with van der Waals surface area (Å²) in [5, 5.41) is 9.89. The number of benzene rings is 2. The first-order valence-electron chi connectivity index (χ1n) is 6.37. The SMILES string of the molecule is Cc1cccc(Cl)c1NS(=O)(=O)c1cccc(C(C)O)c1. The molecule has 0 saturated heterocycles. The number of nitrogens with one attached hydrogen (secondary N) is 1. The van der Waals surface area contributed by atoms with Crippen molar-refractivity contribution in [1.29, 1.82) is 0 Å². The smallest absolute Gasteiger partial charge is 0.261 e. The topological polar surface area (TPSA) is 66.4 Å². The maximum absolute atomic E-state index is 12.4. The molecule has 1 unspecified atom stereocenters. The van der Waals surface area contributed by atoms with Crippen molar-refractivity contribution in [3.63, 3.8) is 0 Å². The van der Waals surface area contributed by atoms with Gasteiger partial charge in [0.2, 0.25) is 0 Å². The quantitative estimate of drug-likeness (QED) is 0.904. The molecule has 0 spiro atoms. The van der Waals surface area contributed by atoms with Gasteiger partial charge in [0, 0.05) is 0 Å². The number of anilines is 1. The Hall–Kier alpha value is -1.56. The second kappa shape index (κ2) is 6.05. The summed E-state index contributed by atoms with van der Waals surface area (Å²) in [6, 6.07) is 11.3. The predicted molar refractivity (Wildman–Crippen MR) is 84.1 cm³/mol. The molecule has 2 aromatic rings. The van der Waals surface area contributed by atoms with E-state index in [1.54, 1.807) is 44.2 Å². The first-order chi connectivity index (χ1) is 9.81. The van der Waals surface area contributed by atoms with Crippen molar-refractivity contribution >= 4 is 27.3 Å². The zero-order valence-corrected chi connectivity index (χ0v) is 13.2. The molecule has 0 aliphatic heterocycles. The van der Waals surface area contributed by atoms with Gasteiger partial charge in [-0.25, -0.2) is 8.42 Å². The Morgan fingerprint density at radius 1 is 1.19 bits per heavy atom. The van der Waals surface area contributed by atoms with E-state index in [1.165, 1.54) is 12.1 Å². The largest absolute Gasteiger partial charge is 0.389 e. The van der Waals surface area contributed by atoms with E-state index in [4.69, 9.17) is 11.6 Å². The van der Waals surface area contributed by atoms with E-state index in [0.29, 0.717) is 16.3 Å². The van der Waals surface area contributed by atoms with Crippen LogP contribution in [0.2, 0.25) is 5.02 Å². The average molecular weight is 326 g/mol. The molecule has 0 saturated carbocycles. The first-order valence-corrected chi connectivity index (χ1v) is 8.23. The normalized spacial score (nSPS) is 13.0. The van der Waals surface area contributed by atoms with Crippen LogP contribution in [0.1, 0.15) is 24.2 Å². The highest BCUT2D eigenvalue weighted by Crippen LogP contribution is 2.28. The minimum Gasteiger partial charge on any atom is -0.389 e. The summed E-state index contributed by atoms with van der Waals surface area (Å²) >= 11 is 6.04. The fourth-order valence-electron chi connectivity index (χ4n) is 1.90. The first kappa shape index (κ1) is 15.8. The van der Waals surface area contributed by atoms with Gasteiger partial charge < -0.3 is 5.11 Å². The predicted octanol–water partition coefficient (Wildman–Crippen LogP) is 3.50. The zero-order valence-electron chi connectivity index (χ0n) is 11.7. The van der Waals surface area contributed by atoms with E-state index in [9.17, 15) is 13.5 Å². The number of hydrogen-bond donors (Lipinski definition) is 2. The van der Waals surface area contributed by atoms with E-state index in [-0.39, 0.29) is 4.90 Å². The highest BCUT2D eigenvalue weighted by Gasteiger charge is 2.18. The Morgan fingerprint density at radius 3 is 2.48 bits per heavy atom. The van der Waals surface area contributed by atoms with E-state index in [1.807, 2.05) is 0 Å². The summed E-state index contributed by atoms with van der Waals surface area (Å²) in [5.74, 6) is 0. The van der Waals surface area contributed by atoms with Crippen LogP contribution in [-0.4, -0.2) is 13.5 Å². The van der Waals surface area contributed by atoms with Crippen LogP contribution in [-0.2, 0) is 10.0 Å². The third-order valence-electron chi connectivity index (χ3n) is 3.11. The lowest BCUT2D eigenvalue weighted by molar-refractivity contribution is 0.199. The lowest BCUT2D eigenvalue weighted by atomic mass is 10.1. The minimum atomic E-state index is -3.76. The molecule has 2 N–H and O–H groups in total. The van der Waals surface area contributed by atoms with Gasteiger partial charge in [-0.2, -0.15) is 0 Å². The maximum Gasteiger partial charge on any atom is 0.261 e. The molecule has 0 radical (unpaired) electrons. The molecule has 112 valence electrons. The van der Waals surface area contributed by atoms with Crippen LogP contribution in [0.4, 0.5) is 5.69 Å². The lowest BCUT2D eigenvalue weighted by Gasteiger charge is -2.13. The highest BCUT2D eigenvalue weighted by atomic mass is 35.5. The zero-order chi connectivity index (χ0) is 15.6. The number of rotatable bonds is 4. The molecule has 6 heteroatoms. The highest BCUT2D eigenvalue weighted by molar-refractivity contribution is 7.92. The van der Waals surface area contributed by atoms with Crippen molar-refractivity contribution in [1.82, 2.24) is 0 Å². The number of aliphatic hydroxyl groups excluding tert-OH is 1. The van der Waals surface area contributed by atoms with E-state index >= 15 is 0 Å². The molecule has 0 aliphatic rings. The number of para-hydroxylation sites is 1. The molecule has 0 fully saturated rings. The molecule has 0 aliphatic carbocycles. The van der Waals surface area contributed by atoms with Gasteiger partial charge in [-0.3, -0.25) is 4.72 Å². The molecule has 4 nitrogen and oxygen atoms in total. The summed E-state index contributed by atoms with van der Waals surface area (Å²) in [6.07, 6.45) is -0.734. The maximum atomic E-state index is 12.4. The Kier molecular flexibility index (Phi) is 4.56. The van der Waals surface area contributed by atoms with Crippen molar-refractivity contribution in [3.8, 4) is 0 Å².